The first-order valence-corrected chi connectivity index (χ1v) is 9.31. The van der Waals surface area contributed by atoms with E-state index in [2.05, 4.69) is 5.32 Å². The van der Waals surface area contributed by atoms with Gasteiger partial charge in [0.05, 0.1) is 40.8 Å². The van der Waals surface area contributed by atoms with Crippen molar-refractivity contribution in [2.24, 2.45) is 0 Å². The Labute approximate surface area is 174 Å². The molecule has 1 fully saturated rings. The van der Waals surface area contributed by atoms with Crippen molar-refractivity contribution in [1.82, 2.24) is 10.2 Å². The number of carbonyl (C=O) groups excluding carboxylic acids is 2. The third-order valence-electron chi connectivity index (χ3n) is 4.52. The molecule has 0 radical (unpaired) electrons. The van der Waals surface area contributed by atoms with Crippen LogP contribution in [0, 0.1) is 0 Å². The summed E-state index contributed by atoms with van der Waals surface area (Å²) in [5, 5.41) is 2.65. The molecule has 1 saturated heterocycles. The molecular formula is C21H24N2O7. The van der Waals surface area contributed by atoms with Gasteiger partial charge in [-0.2, -0.15) is 0 Å². The highest BCUT2D eigenvalue weighted by atomic mass is 16.5. The number of furan rings is 1. The Morgan fingerprint density at radius 3 is 2.27 bits per heavy atom. The number of benzene rings is 1. The van der Waals surface area contributed by atoms with Crippen LogP contribution in [0.5, 0.6) is 17.2 Å². The van der Waals surface area contributed by atoms with Gasteiger partial charge in [0, 0.05) is 13.1 Å². The Bertz CT molecular complexity index is 890. The molecule has 0 unspecified atom stereocenters. The molecule has 160 valence electrons. The first kappa shape index (κ1) is 21.3. The highest BCUT2D eigenvalue weighted by Gasteiger charge is 2.24. The van der Waals surface area contributed by atoms with Crippen LogP contribution >= 0.6 is 0 Å². The molecule has 1 aliphatic rings. The molecule has 0 saturated carbocycles. The molecule has 1 N–H and O–H groups in total. The summed E-state index contributed by atoms with van der Waals surface area (Å²) in [6, 6.07) is 6.49. The topological polar surface area (TPSA) is 99.5 Å². The van der Waals surface area contributed by atoms with E-state index in [1.54, 1.807) is 29.2 Å². The Kier molecular flexibility index (Phi) is 6.97. The van der Waals surface area contributed by atoms with Gasteiger partial charge in [0.15, 0.2) is 17.3 Å². The average molecular weight is 416 g/mol. The van der Waals surface area contributed by atoms with Gasteiger partial charge >= 0.3 is 0 Å². The largest absolute Gasteiger partial charge is 0.493 e. The number of nitrogens with zero attached hydrogens (tertiary/aromatic N) is 1. The molecule has 2 heterocycles. The van der Waals surface area contributed by atoms with E-state index in [-0.39, 0.29) is 17.4 Å². The maximum absolute atomic E-state index is 13.1. The Morgan fingerprint density at radius 2 is 1.73 bits per heavy atom. The van der Waals surface area contributed by atoms with Gasteiger partial charge in [-0.05, 0) is 35.9 Å². The third kappa shape index (κ3) is 4.74. The third-order valence-corrected chi connectivity index (χ3v) is 4.52. The van der Waals surface area contributed by atoms with Crippen molar-refractivity contribution in [3.63, 3.8) is 0 Å². The zero-order chi connectivity index (χ0) is 21.5. The second-order valence-electron chi connectivity index (χ2n) is 6.35. The molecule has 2 aromatic rings. The quantitative estimate of drug-likeness (QED) is 0.689. The van der Waals surface area contributed by atoms with E-state index in [1.807, 2.05) is 0 Å². The lowest BCUT2D eigenvalue weighted by Crippen LogP contribution is -2.44. The molecule has 0 aliphatic carbocycles. The SMILES string of the molecule is COc1cc(/C=C(\NC(=O)c2ccco2)C(=O)N2CCOCC2)cc(OC)c1OC. The normalized spacial score (nSPS) is 14.2. The summed E-state index contributed by atoms with van der Waals surface area (Å²) >= 11 is 0. The molecular weight excluding hydrogens is 392 g/mol. The Balaban J connectivity index is 1.98. The van der Waals surface area contributed by atoms with Crippen molar-refractivity contribution in [2.45, 2.75) is 0 Å². The summed E-state index contributed by atoms with van der Waals surface area (Å²) < 4.78 is 26.5. The van der Waals surface area contributed by atoms with Crippen molar-refractivity contribution >= 4 is 17.9 Å². The minimum Gasteiger partial charge on any atom is -0.493 e. The van der Waals surface area contributed by atoms with Crippen LogP contribution in [0.25, 0.3) is 6.08 Å². The van der Waals surface area contributed by atoms with E-state index in [0.29, 0.717) is 49.1 Å². The summed E-state index contributed by atoms with van der Waals surface area (Å²) in [6.07, 6.45) is 2.95. The van der Waals surface area contributed by atoms with Gasteiger partial charge in [-0.25, -0.2) is 0 Å². The smallest absolute Gasteiger partial charge is 0.291 e. The molecule has 3 rings (SSSR count). The zero-order valence-electron chi connectivity index (χ0n) is 17.1. The molecule has 2 amide bonds. The van der Waals surface area contributed by atoms with Gasteiger partial charge in [-0.1, -0.05) is 0 Å². The Hall–Kier alpha value is -3.46. The summed E-state index contributed by atoms with van der Waals surface area (Å²) in [5.41, 5.74) is 0.674. The number of carbonyl (C=O) groups is 2. The highest BCUT2D eigenvalue weighted by molar-refractivity contribution is 6.04. The van der Waals surface area contributed by atoms with Gasteiger partial charge < -0.3 is 33.6 Å². The van der Waals surface area contributed by atoms with Crippen molar-refractivity contribution in [3.05, 3.63) is 47.5 Å². The summed E-state index contributed by atoms with van der Waals surface area (Å²) in [7, 11) is 4.51. The number of hydrogen-bond acceptors (Lipinski definition) is 7. The predicted molar refractivity (Wildman–Crippen MR) is 108 cm³/mol. The fraction of sp³-hybridized carbons (Fsp3) is 0.333. The number of hydrogen-bond donors (Lipinski definition) is 1. The van der Waals surface area contributed by atoms with Gasteiger partial charge in [-0.3, -0.25) is 9.59 Å². The molecule has 9 heteroatoms. The maximum atomic E-state index is 13.1. The average Bonchev–Trinajstić information content (AvgIpc) is 3.33. The first-order chi connectivity index (χ1) is 14.6. The van der Waals surface area contributed by atoms with Crippen LogP contribution in [-0.4, -0.2) is 64.3 Å². The first-order valence-electron chi connectivity index (χ1n) is 9.31. The molecule has 1 aromatic carbocycles. The molecule has 0 spiro atoms. The van der Waals surface area contributed by atoms with Crippen LogP contribution < -0.4 is 19.5 Å². The summed E-state index contributed by atoms with van der Waals surface area (Å²) in [4.78, 5) is 27.3. The summed E-state index contributed by atoms with van der Waals surface area (Å²) in [5.74, 6) is 0.530. The number of amides is 2. The number of ether oxygens (including phenoxy) is 4. The zero-order valence-corrected chi connectivity index (χ0v) is 17.1. The van der Waals surface area contributed by atoms with Crippen molar-refractivity contribution < 1.29 is 33.0 Å². The minimum absolute atomic E-state index is 0.0903. The molecule has 0 bridgehead atoms. The monoisotopic (exact) mass is 416 g/mol. The second-order valence-corrected chi connectivity index (χ2v) is 6.35. The van der Waals surface area contributed by atoms with Crippen molar-refractivity contribution in [2.75, 3.05) is 47.6 Å². The lowest BCUT2D eigenvalue weighted by Gasteiger charge is -2.27. The van der Waals surface area contributed by atoms with Crippen LogP contribution in [-0.2, 0) is 9.53 Å². The van der Waals surface area contributed by atoms with Crippen LogP contribution in [0.4, 0.5) is 0 Å². The highest BCUT2D eigenvalue weighted by Crippen LogP contribution is 2.38. The lowest BCUT2D eigenvalue weighted by atomic mass is 10.1. The van der Waals surface area contributed by atoms with E-state index in [4.69, 9.17) is 23.4 Å². The molecule has 9 nitrogen and oxygen atoms in total. The number of morpholine rings is 1. The van der Waals surface area contributed by atoms with E-state index in [9.17, 15) is 9.59 Å². The van der Waals surface area contributed by atoms with E-state index >= 15 is 0 Å². The fourth-order valence-corrected chi connectivity index (χ4v) is 3.03. The predicted octanol–water partition coefficient (Wildman–Crippen LogP) is 1.94. The maximum Gasteiger partial charge on any atom is 0.291 e. The minimum atomic E-state index is -0.527. The van der Waals surface area contributed by atoms with Gasteiger partial charge in [0.1, 0.15) is 5.70 Å². The number of nitrogens with one attached hydrogen (secondary N) is 1. The van der Waals surface area contributed by atoms with Gasteiger partial charge in [0.2, 0.25) is 5.75 Å². The molecule has 1 aromatic heterocycles. The van der Waals surface area contributed by atoms with E-state index in [1.165, 1.54) is 33.7 Å². The van der Waals surface area contributed by atoms with Crippen LogP contribution in [0.15, 0.2) is 40.6 Å². The van der Waals surface area contributed by atoms with Gasteiger partial charge in [-0.15, -0.1) is 0 Å². The van der Waals surface area contributed by atoms with Crippen LogP contribution in [0.3, 0.4) is 0 Å². The van der Waals surface area contributed by atoms with Crippen molar-refractivity contribution in [1.29, 1.82) is 0 Å². The standard InChI is InChI=1S/C21H24N2O7/c1-26-17-12-14(13-18(27-2)19(17)28-3)11-15(21(25)23-6-9-29-10-7-23)22-20(24)16-5-4-8-30-16/h4-5,8,11-13H,6-7,9-10H2,1-3H3,(H,22,24)/b15-11-. The van der Waals surface area contributed by atoms with Crippen molar-refractivity contribution in [3.8, 4) is 17.2 Å². The summed E-state index contributed by atoms with van der Waals surface area (Å²) in [6.45, 7) is 1.74. The second kappa shape index (κ2) is 9.84. The molecule has 0 atom stereocenters. The number of methoxy groups -OCH3 is 3. The van der Waals surface area contributed by atoms with Crippen LogP contribution in [0.2, 0.25) is 0 Å². The fourth-order valence-electron chi connectivity index (χ4n) is 3.03. The van der Waals surface area contributed by atoms with Crippen LogP contribution in [0.1, 0.15) is 16.1 Å². The Morgan fingerprint density at radius 1 is 1.07 bits per heavy atom. The lowest BCUT2D eigenvalue weighted by molar-refractivity contribution is -0.131. The van der Waals surface area contributed by atoms with E-state index < -0.39 is 5.91 Å². The molecule has 30 heavy (non-hydrogen) atoms. The van der Waals surface area contributed by atoms with E-state index in [0.717, 1.165) is 0 Å². The number of rotatable bonds is 7. The van der Waals surface area contributed by atoms with Gasteiger partial charge in [0.25, 0.3) is 11.8 Å². The molecule has 1 aliphatic heterocycles.